The Kier molecular flexibility index (Phi) is 5.06. The van der Waals surface area contributed by atoms with Gasteiger partial charge in [0, 0.05) is 30.2 Å². The van der Waals surface area contributed by atoms with Crippen molar-refractivity contribution in [2.24, 2.45) is 0 Å². The molecular weight excluding hydrogens is 374 g/mol. The van der Waals surface area contributed by atoms with Crippen LogP contribution in [0.15, 0.2) is 36.1 Å². The van der Waals surface area contributed by atoms with Crippen molar-refractivity contribution in [3.8, 4) is 5.88 Å². The van der Waals surface area contributed by atoms with Gasteiger partial charge >= 0.3 is 5.97 Å². The van der Waals surface area contributed by atoms with Crippen molar-refractivity contribution in [3.05, 3.63) is 56.1 Å². The first-order valence-corrected chi connectivity index (χ1v) is 9.02. The van der Waals surface area contributed by atoms with Gasteiger partial charge in [-0.25, -0.2) is 0 Å². The molecular formula is C18H15NO5S2. The minimum Gasteiger partial charge on any atom is -0.507 e. The van der Waals surface area contributed by atoms with Crippen LogP contribution in [-0.4, -0.2) is 31.6 Å². The molecule has 0 radical (unpaired) electrons. The molecule has 1 aromatic carbocycles. The number of ketones is 1. The third kappa shape index (κ3) is 3.47. The smallest absolute Gasteiger partial charge is 0.303 e. The van der Waals surface area contributed by atoms with Gasteiger partial charge in [0.1, 0.15) is 5.76 Å². The monoisotopic (exact) mass is 389 g/mol. The van der Waals surface area contributed by atoms with Crippen molar-refractivity contribution in [1.82, 2.24) is 4.57 Å². The zero-order valence-electron chi connectivity index (χ0n) is 13.5. The number of carboxylic acid groups (broad SMARTS) is 1. The van der Waals surface area contributed by atoms with Crippen molar-refractivity contribution in [2.75, 3.05) is 0 Å². The van der Waals surface area contributed by atoms with Crippen molar-refractivity contribution in [2.45, 2.75) is 19.4 Å². The van der Waals surface area contributed by atoms with E-state index in [2.05, 4.69) is 0 Å². The van der Waals surface area contributed by atoms with E-state index in [1.54, 1.807) is 30.3 Å². The number of aromatic hydroxyl groups is 1. The summed E-state index contributed by atoms with van der Waals surface area (Å²) in [6, 6.07) is 6.90. The molecule has 0 unspecified atom stereocenters. The summed E-state index contributed by atoms with van der Waals surface area (Å²) in [6.45, 7) is 0.285. The van der Waals surface area contributed by atoms with Crippen LogP contribution in [0.25, 0.3) is 11.6 Å². The van der Waals surface area contributed by atoms with E-state index in [-0.39, 0.29) is 30.4 Å². The van der Waals surface area contributed by atoms with E-state index in [4.69, 9.17) is 17.3 Å². The maximum atomic E-state index is 12.0. The summed E-state index contributed by atoms with van der Waals surface area (Å²) in [7, 11) is 0. The number of aliphatic hydroxyl groups is 1. The highest BCUT2D eigenvalue weighted by molar-refractivity contribution is 7.73. The average molecular weight is 389 g/mol. The Hall–Kier alpha value is -2.71. The molecule has 2 aromatic rings. The van der Waals surface area contributed by atoms with Crippen LogP contribution in [0.4, 0.5) is 0 Å². The molecule has 134 valence electrons. The number of thiazole rings is 1. The lowest BCUT2D eigenvalue weighted by molar-refractivity contribution is -0.137. The molecule has 0 bridgehead atoms. The maximum absolute atomic E-state index is 12.0. The van der Waals surface area contributed by atoms with Gasteiger partial charge in [0.25, 0.3) is 0 Å². The third-order valence-corrected chi connectivity index (χ3v) is 5.35. The number of carbonyl (C=O) groups is 2. The highest BCUT2D eigenvalue weighted by Gasteiger charge is 2.23. The molecule has 0 saturated heterocycles. The summed E-state index contributed by atoms with van der Waals surface area (Å²) in [4.78, 5) is 23.1. The van der Waals surface area contributed by atoms with Gasteiger partial charge < -0.3 is 15.3 Å². The number of nitrogens with zero attached hydrogens (tertiary/aromatic N) is 1. The van der Waals surface area contributed by atoms with Gasteiger partial charge in [0.2, 0.25) is 5.88 Å². The number of hydrogen-bond acceptors (Lipinski definition) is 6. The summed E-state index contributed by atoms with van der Waals surface area (Å²) in [6.07, 6.45) is 3.05. The molecule has 0 atom stereocenters. The fourth-order valence-corrected chi connectivity index (χ4v) is 4.03. The van der Waals surface area contributed by atoms with Crippen LogP contribution in [0.2, 0.25) is 0 Å². The van der Waals surface area contributed by atoms with Crippen molar-refractivity contribution >= 4 is 47.0 Å². The third-order valence-electron chi connectivity index (χ3n) is 3.97. The molecule has 26 heavy (non-hydrogen) atoms. The van der Waals surface area contributed by atoms with Gasteiger partial charge in [-0.15, -0.1) is 11.3 Å². The second-order valence-corrected chi connectivity index (χ2v) is 7.38. The van der Waals surface area contributed by atoms with Crippen LogP contribution in [0, 0.1) is 3.95 Å². The molecule has 1 aliphatic carbocycles. The number of aromatic nitrogens is 1. The predicted molar refractivity (Wildman–Crippen MR) is 101 cm³/mol. The van der Waals surface area contributed by atoms with Gasteiger partial charge in [-0.05, 0) is 30.3 Å². The SMILES string of the molecule is O=C(O)CCCn1c(O)c(C=C2C(O)=CC(=O)c3ccccc32)sc1=S. The number of fused-ring (bicyclic) bond motifs is 1. The highest BCUT2D eigenvalue weighted by Crippen LogP contribution is 2.36. The zero-order valence-corrected chi connectivity index (χ0v) is 15.1. The maximum Gasteiger partial charge on any atom is 0.303 e. The first-order chi connectivity index (χ1) is 12.4. The first kappa shape index (κ1) is 18.1. The number of carboxylic acids is 1. The molecule has 0 amide bonds. The number of allylic oxidation sites excluding steroid dienone is 2. The Bertz CT molecular complexity index is 1010. The molecule has 0 fully saturated rings. The lowest BCUT2D eigenvalue weighted by Gasteiger charge is -2.15. The van der Waals surface area contributed by atoms with Gasteiger partial charge in [0.05, 0.1) is 4.88 Å². The normalized spacial score (nSPS) is 15.0. The number of aliphatic hydroxyl groups excluding tert-OH is 1. The van der Waals surface area contributed by atoms with E-state index < -0.39 is 5.97 Å². The lowest BCUT2D eigenvalue weighted by atomic mass is 9.90. The molecule has 0 aliphatic heterocycles. The van der Waals surface area contributed by atoms with E-state index >= 15 is 0 Å². The molecule has 3 rings (SSSR count). The molecule has 1 aliphatic rings. The Morgan fingerprint density at radius 2 is 1.92 bits per heavy atom. The number of aliphatic carboxylic acids is 1. The van der Waals surface area contributed by atoms with Gasteiger partial charge in [-0.3, -0.25) is 14.2 Å². The van der Waals surface area contributed by atoms with Gasteiger partial charge in [-0.2, -0.15) is 0 Å². The van der Waals surface area contributed by atoms with Crippen LogP contribution in [0.3, 0.4) is 0 Å². The van der Waals surface area contributed by atoms with E-state index in [1.165, 1.54) is 4.57 Å². The van der Waals surface area contributed by atoms with Crippen LogP contribution >= 0.6 is 23.6 Å². The summed E-state index contributed by atoms with van der Waals surface area (Å²) in [5.41, 5.74) is 1.47. The van der Waals surface area contributed by atoms with Crippen LogP contribution in [0.5, 0.6) is 5.88 Å². The lowest BCUT2D eigenvalue weighted by Crippen LogP contribution is -2.08. The average Bonchev–Trinajstić information content (AvgIpc) is 2.85. The van der Waals surface area contributed by atoms with Crippen molar-refractivity contribution in [1.29, 1.82) is 0 Å². The standard InChI is InChI=1S/C18H15NO5S2/c20-13-9-14(21)12(10-4-1-2-5-11(10)13)8-15-17(24)19(18(25)26-15)7-3-6-16(22)23/h1-2,4-5,8-9,21,24H,3,6-7H2,(H,22,23). The Balaban J connectivity index is 2.00. The van der Waals surface area contributed by atoms with Crippen molar-refractivity contribution in [3.63, 3.8) is 0 Å². The van der Waals surface area contributed by atoms with Crippen LogP contribution in [-0.2, 0) is 11.3 Å². The highest BCUT2D eigenvalue weighted by atomic mass is 32.1. The molecule has 8 heteroatoms. The molecule has 0 saturated carbocycles. The Labute approximate surface area is 158 Å². The summed E-state index contributed by atoms with van der Waals surface area (Å²) in [5.74, 6) is -1.45. The van der Waals surface area contributed by atoms with E-state index in [0.717, 1.165) is 17.4 Å². The van der Waals surface area contributed by atoms with Crippen LogP contribution in [0.1, 0.15) is 33.6 Å². The van der Waals surface area contributed by atoms with Gasteiger partial charge in [0.15, 0.2) is 9.74 Å². The minimum absolute atomic E-state index is 0.0213. The number of carbonyl (C=O) groups excluding carboxylic acids is 1. The quantitative estimate of drug-likeness (QED) is 0.668. The summed E-state index contributed by atoms with van der Waals surface area (Å²) < 4.78 is 1.87. The Morgan fingerprint density at radius 1 is 1.23 bits per heavy atom. The second-order valence-electron chi connectivity index (χ2n) is 5.70. The first-order valence-electron chi connectivity index (χ1n) is 7.79. The number of rotatable bonds is 5. The summed E-state index contributed by atoms with van der Waals surface area (Å²) >= 11 is 6.40. The minimum atomic E-state index is -0.910. The topological polar surface area (TPSA) is 99.8 Å². The van der Waals surface area contributed by atoms with Crippen molar-refractivity contribution < 1.29 is 24.9 Å². The largest absolute Gasteiger partial charge is 0.507 e. The van der Waals surface area contributed by atoms with E-state index in [9.17, 15) is 19.8 Å². The van der Waals surface area contributed by atoms with E-state index in [1.807, 2.05) is 0 Å². The zero-order chi connectivity index (χ0) is 18.8. The molecule has 1 aromatic heterocycles. The fourth-order valence-electron chi connectivity index (χ4n) is 2.73. The molecule has 6 nitrogen and oxygen atoms in total. The van der Waals surface area contributed by atoms with E-state index in [0.29, 0.717) is 32.0 Å². The molecule has 0 spiro atoms. The molecule has 3 N–H and O–H groups in total. The predicted octanol–water partition coefficient (Wildman–Crippen LogP) is 4.03. The van der Waals surface area contributed by atoms with Crippen LogP contribution < -0.4 is 0 Å². The Morgan fingerprint density at radius 3 is 2.62 bits per heavy atom. The number of benzene rings is 1. The molecule has 1 heterocycles. The second kappa shape index (κ2) is 7.27. The number of hydrogen-bond donors (Lipinski definition) is 3. The fraction of sp³-hybridized carbons (Fsp3) is 0.167. The summed E-state index contributed by atoms with van der Waals surface area (Å²) in [5, 5.41) is 29.4. The van der Waals surface area contributed by atoms with Gasteiger partial charge in [-0.1, -0.05) is 24.3 Å².